The monoisotopic (exact) mass is 524 g/mol. The average molecular weight is 525 g/mol. The molecule has 5 fully saturated rings. The first-order valence-electron chi connectivity index (χ1n) is 16.4. The smallest absolute Gasteiger partial charge is 0.302 e. The molecule has 5 saturated carbocycles. The topological polar surface area (TPSA) is 26.3 Å². The molecule has 0 radical (unpaired) electrons. The van der Waals surface area contributed by atoms with Crippen LogP contribution in [-0.2, 0) is 9.53 Å². The maximum Gasteiger partial charge on any atom is 0.302 e. The first-order chi connectivity index (χ1) is 17.6. The van der Waals surface area contributed by atoms with E-state index in [-0.39, 0.29) is 17.5 Å². The van der Waals surface area contributed by atoms with Gasteiger partial charge in [-0.2, -0.15) is 0 Å². The van der Waals surface area contributed by atoms with E-state index in [1.54, 1.807) is 6.92 Å². The summed E-state index contributed by atoms with van der Waals surface area (Å²) in [4.78, 5) is 11.9. The molecule has 5 aliphatic carbocycles. The number of rotatable bonds is 7. The average Bonchev–Trinajstić information content (AvgIpc) is 3.40. The summed E-state index contributed by atoms with van der Waals surface area (Å²) < 4.78 is 5.93. The number of ether oxygens (including phenoxy) is 1. The van der Waals surface area contributed by atoms with Gasteiger partial charge in [-0.25, -0.2) is 0 Å². The van der Waals surface area contributed by atoms with Crippen molar-refractivity contribution in [1.82, 2.24) is 0 Å². The number of hydrogen-bond donors (Lipinski definition) is 0. The molecule has 2 heteroatoms. The van der Waals surface area contributed by atoms with E-state index in [4.69, 9.17) is 4.74 Å². The standard InChI is InChI=1S/C36H60O2/c1-22(2)25(6)27(23(3)4)20-24(5)28-14-16-34(11)30-13-12-29-32(8,9)31(38-26(7)37)15-17-35(29)21-36(30,35)19-18-33(28,34)10/h23-25,27-31H,1,12-21H2,2-11H3/t24-,25-,27?,28-,29+,30+,31+,33-,34+,35-,36+/m1/s1. The van der Waals surface area contributed by atoms with Crippen LogP contribution in [-0.4, -0.2) is 12.1 Å². The van der Waals surface area contributed by atoms with Crippen molar-refractivity contribution in [2.24, 2.45) is 68.5 Å². The van der Waals surface area contributed by atoms with Crippen LogP contribution in [0, 0.1) is 68.5 Å². The van der Waals surface area contributed by atoms with Crippen LogP contribution < -0.4 is 0 Å². The summed E-state index contributed by atoms with van der Waals surface area (Å²) in [7, 11) is 0. The van der Waals surface area contributed by atoms with E-state index in [0.29, 0.717) is 39.4 Å². The van der Waals surface area contributed by atoms with Gasteiger partial charge in [-0.1, -0.05) is 67.5 Å². The second kappa shape index (κ2) is 9.11. The van der Waals surface area contributed by atoms with E-state index in [1.807, 2.05) is 0 Å². The molecule has 216 valence electrons. The molecule has 0 bridgehead atoms. The molecule has 1 unspecified atom stereocenters. The lowest BCUT2D eigenvalue weighted by atomic mass is 9.41. The van der Waals surface area contributed by atoms with Gasteiger partial charge in [-0.15, -0.1) is 0 Å². The van der Waals surface area contributed by atoms with Crippen LogP contribution in [0.2, 0.25) is 0 Å². The molecule has 0 aromatic rings. The molecule has 2 spiro atoms. The summed E-state index contributed by atoms with van der Waals surface area (Å²) >= 11 is 0. The Morgan fingerprint density at radius 1 is 0.842 bits per heavy atom. The van der Waals surface area contributed by atoms with Gasteiger partial charge in [0.05, 0.1) is 0 Å². The molecular weight excluding hydrogens is 464 g/mol. The molecule has 5 aliphatic rings. The highest BCUT2D eigenvalue weighted by Crippen LogP contribution is 2.89. The van der Waals surface area contributed by atoms with Crippen molar-refractivity contribution in [3.8, 4) is 0 Å². The highest BCUT2D eigenvalue weighted by atomic mass is 16.5. The molecule has 0 aliphatic heterocycles. The number of esters is 1. The lowest BCUT2D eigenvalue weighted by Gasteiger charge is -2.63. The van der Waals surface area contributed by atoms with E-state index >= 15 is 0 Å². The van der Waals surface area contributed by atoms with Crippen molar-refractivity contribution in [1.29, 1.82) is 0 Å². The Hall–Kier alpha value is -0.790. The van der Waals surface area contributed by atoms with Gasteiger partial charge >= 0.3 is 5.97 Å². The van der Waals surface area contributed by atoms with Crippen LogP contribution in [0.4, 0.5) is 0 Å². The molecule has 0 saturated heterocycles. The van der Waals surface area contributed by atoms with E-state index < -0.39 is 0 Å². The number of hydrogen-bond acceptors (Lipinski definition) is 2. The quantitative estimate of drug-likeness (QED) is 0.245. The fraction of sp³-hybridized carbons (Fsp3) is 0.917. The Kier molecular flexibility index (Phi) is 6.88. The summed E-state index contributed by atoms with van der Waals surface area (Å²) in [5, 5.41) is 0. The fourth-order valence-corrected chi connectivity index (χ4v) is 12.7. The van der Waals surface area contributed by atoms with Crippen molar-refractivity contribution < 1.29 is 9.53 Å². The fourth-order valence-electron chi connectivity index (χ4n) is 12.7. The third-order valence-corrected chi connectivity index (χ3v) is 15.0. The SMILES string of the molecule is C=C(C)[C@@H](C)C(C[C@@H](C)[C@H]1CC[C@@]2(C)[C@@H]3CC[C@H]4C(C)(C)[C@@H](OC(C)=O)CC[C@@]45C[C@@]35CC[C@]12C)C(C)C. The van der Waals surface area contributed by atoms with Gasteiger partial charge in [0.2, 0.25) is 0 Å². The summed E-state index contributed by atoms with van der Waals surface area (Å²) in [6.07, 6.45) is 13.8. The zero-order valence-electron chi connectivity index (χ0n) is 26.7. The lowest BCUT2D eigenvalue weighted by Crippen LogP contribution is -2.58. The molecule has 0 aromatic carbocycles. The maximum absolute atomic E-state index is 11.9. The number of carbonyl (C=O) groups is 1. The zero-order valence-corrected chi connectivity index (χ0v) is 26.7. The molecule has 11 atom stereocenters. The molecule has 38 heavy (non-hydrogen) atoms. The summed E-state index contributed by atoms with van der Waals surface area (Å²) in [5.74, 6) is 5.21. The van der Waals surface area contributed by atoms with E-state index in [2.05, 4.69) is 68.9 Å². The van der Waals surface area contributed by atoms with Gasteiger partial charge in [0.15, 0.2) is 0 Å². The van der Waals surface area contributed by atoms with Crippen molar-refractivity contribution in [2.45, 2.75) is 140 Å². The second-order valence-electron chi connectivity index (χ2n) is 16.9. The van der Waals surface area contributed by atoms with E-state index in [0.717, 1.165) is 30.1 Å². The summed E-state index contributed by atoms with van der Waals surface area (Å²) in [6.45, 7) is 28.4. The van der Waals surface area contributed by atoms with Crippen LogP contribution in [0.1, 0.15) is 133 Å². The normalized spacial score (nSPS) is 47.1. The Balaban J connectivity index is 1.38. The number of allylic oxidation sites excluding steroid dienone is 1. The van der Waals surface area contributed by atoms with Gasteiger partial charge in [0, 0.05) is 12.3 Å². The highest BCUT2D eigenvalue weighted by molar-refractivity contribution is 5.66. The van der Waals surface area contributed by atoms with Crippen LogP contribution in [0.25, 0.3) is 0 Å². The van der Waals surface area contributed by atoms with Crippen LogP contribution in [0.15, 0.2) is 12.2 Å². The largest absolute Gasteiger partial charge is 0.462 e. The second-order valence-corrected chi connectivity index (χ2v) is 16.9. The van der Waals surface area contributed by atoms with Crippen LogP contribution in [0.3, 0.4) is 0 Å². The van der Waals surface area contributed by atoms with E-state index in [9.17, 15) is 4.79 Å². The molecular formula is C36H60O2. The van der Waals surface area contributed by atoms with Crippen LogP contribution >= 0.6 is 0 Å². The molecule has 0 heterocycles. The summed E-state index contributed by atoms with van der Waals surface area (Å²) in [5.41, 5.74) is 3.48. The molecule has 0 amide bonds. The highest BCUT2D eigenvalue weighted by Gasteiger charge is 2.82. The van der Waals surface area contributed by atoms with Crippen molar-refractivity contribution in [3.63, 3.8) is 0 Å². The van der Waals surface area contributed by atoms with Crippen molar-refractivity contribution in [3.05, 3.63) is 12.2 Å². The Morgan fingerprint density at radius 3 is 2.08 bits per heavy atom. The third kappa shape index (κ3) is 3.72. The van der Waals surface area contributed by atoms with Gasteiger partial charge in [0.25, 0.3) is 0 Å². The molecule has 0 N–H and O–H groups in total. The van der Waals surface area contributed by atoms with Crippen LogP contribution in [0.5, 0.6) is 0 Å². The summed E-state index contributed by atoms with van der Waals surface area (Å²) in [6, 6.07) is 0. The van der Waals surface area contributed by atoms with Crippen molar-refractivity contribution in [2.75, 3.05) is 0 Å². The minimum Gasteiger partial charge on any atom is -0.462 e. The van der Waals surface area contributed by atoms with Crippen molar-refractivity contribution >= 4 is 5.97 Å². The van der Waals surface area contributed by atoms with Gasteiger partial charge in [0.1, 0.15) is 6.10 Å². The van der Waals surface area contributed by atoms with E-state index in [1.165, 1.54) is 63.4 Å². The molecule has 5 rings (SSSR count). The Morgan fingerprint density at radius 2 is 1.47 bits per heavy atom. The predicted octanol–water partition coefficient (Wildman–Crippen LogP) is 9.87. The molecule has 2 nitrogen and oxygen atoms in total. The van der Waals surface area contributed by atoms with Gasteiger partial charge < -0.3 is 4.74 Å². The Labute approximate surface area is 235 Å². The van der Waals surface area contributed by atoms with Gasteiger partial charge in [-0.3, -0.25) is 4.79 Å². The van der Waals surface area contributed by atoms with Gasteiger partial charge in [-0.05, 0) is 134 Å². The zero-order chi connectivity index (χ0) is 28.1. The first kappa shape index (κ1) is 28.7. The Bertz CT molecular complexity index is 962. The number of fused-ring (bicyclic) bond motifs is 2. The first-order valence-corrected chi connectivity index (χ1v) is 16.4. The number of carbonyl (C=O) groups excluding carboxylic acids is 1. The molecule has 0 aromatic heterocycles. The minimum absolute atomic E-state index is 0.0948. The predicted molar refractivity (Wildman–Crippen MR) is 159 cm³/mol. The third-order valence-electron chi connectivity index (χ3n) is 15.0. The lowest BCUT2D eigenvalue weighted by molar-refractivity contribution is -0.181. The maximum atomic E-state index is 11.9. The minimum atomic E-state index is -0.0948.